The molecule has 1 aromatic rings. The third kappa shape index (κ3) is 2.39. The van der Waals surface area contributed by atoms with Gasteiger partial charge in [-0.05, 0) is 36.4 Å². The maximum Gasteiger partial charge on any atom is 0.260 e. The fraction of sp³-hybridized carbons (Fsp3) is 0.0909. The molecule has 0 fully saturated rings. The van der Waals surface area contributed by atoms with Gasteiger partial charge in [-0.3, -0.25) is 0 Å². The highest BCUT2D eigenvalue weighted by atomic mass is 79.9. The van der Waals surface area contributed by atoms with Crippen molar-refractivity contribution in [3.8, 4) is 5.75 Å². The lowest BCUT2D eigenvalue weighted by Gasteiger charge is -2.16. The molecule has 0 spiro atoms. The standard InChI is InChI=1S/C11H9BrO2/c12-9-4-6-10(7-5-9)14-11-3-1-2-8-13-11/h1-8,11H. The van der Waals surface area contributed by atoms with Gasteiger partial charge in [0.2, 0.25) is 0 Å². The first kappa shape index (κ1) is 9.34. The number of hydrogen-bond donors (Lipinski definition) is 0. The van der Waals surface area contributed by atoms with E-state index in [9.17, 15) is 0 Å². The van der Waals surface area contributed by atoms with Crippen molar-refractivity contribution < 1.29 is 9.47 Å². The molecule has 1 unspecified atom stereocenters. The Kier molecular flexibility index (Phi) is 2.89. The minimum atomic E-state index is -0.318. The van der Waals surface area contributed by atoms with Crippen LogP contribution in [0, 0.1) is 0 Å². The third-order valence-corrected chi connectivity index (χ3v) is 2.27. The Morgan fingerprint density at radius 1 is 1.14 bits per heavy atom. The van der Waals surface area contributed by atoms with Crippen LogP contribution in [0.2, 0.25) is 0 Å². The van der Waals surface area contributed by atoms with Gasteiger partial charge in [0.25, 0.3) is 6.29 Å². The first-order valence-corrected chi connectivity index (χ1v) is 5.05. The van der Waals surface area contributed by atoms with Crippen LogP contribution in [0.3, 0.4) is 0 Å². The van der Waals surface area contributed by atoms with Gasteiger partial charge in [0.1, 0.15) is 5.75 Å². The van der Waals surface area contributed by atoms with Gasteiger partial charge < -0.3 is 9.47 Å². The van der Waals surface area contributed by atoms with Gasteiger partial charge in [-0.15, -0.1) is 0 Å². The summed E-state index contributed by atoms with van der Waals surface area (Å²) in [6.45, 7) is 0. The predicted octanol–water partition coefficient (Wildman–Crippen LogP) is 3.25. The molecule has 72 valence electrons. The molecule has 1 aliphatic rings. The number of ether oxygens (including phenoxy) is 2. The van der Waals surface area contributed by atoms with Crippen LogP contribution in [0.1, 0.15) is 0 Å². The van der Waals surface area contributed by atoms with Crippen molar-refractivity contribution >= 4 is 15.9 Å². The normalized spacial score (nSPS) is 19.1. The number of allylic oxidation sites excluding steroid dienone is 2. The highest BCUT2D eigenvalue weighted by molar-refractivity contribution is 9.10. The smallest absolute Gasteiger partial charge is 0.260 e. The van der Waals surface area contributed by atoms with Gasteiger partial charge in [0, 0.05) is 4.47 Å². The maximum absolute atomic E-state index is 5.53. The molecule has 1 aliphatic heterocycles. The Morgan fingerprint density at radius 3 is 2.57 bits per heavy atom. The van der Waals surface area contributed by atoms with E-state index < -0.39 is 0 Å². The van der Waals surface area contributed by atoms with Crippen LogP contribution in [0.4, 0.5) is 0 Å². The fourth-order valence-electron chi connectivity index (χ4n) is 1.08. The molecule has 0 bridgehead atoms. The zero-order valence-corrected chi connectivity index (χ0v) is 8.98. The summed E-state index contributed by atoms with van der Waals surface area (Å²) in [4.78, 5) is 0. The van der Waals surface area contributed by atoms with E-state index in [2.05, 4.69) is 15.9 Å². The van der Waals surface area contributed by atoms with Gasteiger partial charge in [-0.25, -0.2) is 0 Å². The van der Waals surface area contributed by atoms with Crippen LogP contribution in [-0.4, -0.2) is 6.29 Å². The first-order chi connectivity index (χ1) is 6.84. The lowest BCUT2D eigenvalue weighted by atomic mass is 10.3. The summed E-state index contributed by atoms with van der Waals surface area (Å²) in [6, 6.07) is 7.63. The Bertz CT molecular complexity index is 354. The summed E-state index contributed by atoms with van der Waals surface area (Å²) in [7, 11) is 0. The van der Waals surface area contributed by atoms with E-state index in [1.165, 1.54) is 0 Å². The molecule has 0 aromatic heterocycles. The highest BCUT2D eigenvalue weighted by Crippen LogP contribution is 2.18. The second-order valence-electron chi connectivity index (χ2n) is 2.79. The van der Waals surface area contributed by atoms with Gasteiger partial charge in [-0.1, -0.05) is 22.0 Å². The topological polar surface area (TPSA) is 18.5 Å². The maximum atomic E-state index is 5.53. The van der Waals surface area contributed by atoms with Crippen molar-refractivity contribution in [3.63, 3.8) is 0 Å². The van der Waals surface area contributed by atoms with Crippen LogP contribution >= 0.6 is 15.9 Å². The van der Waals surface area contributed by atoms with E-state index in [-0.39, 0.29) is 6.29 Å². The van der Waals surface area contributed by atoms with Gasteiger partial charge >= 0.3 is 0 Å². The molecule has 14 heavy (non-hydrogen) atoms. The lowest BCUT2D eigenvalue weighted by Crippen LogP contribution is -2.16. The van der Waals surface area contributed by atoms with Crippen LogP contribution in [0.15, 0.2) is 53.2 Å². The molecular formula is C11H9BrO2. The molecule has 0 amide bonds. The predicted molar refractivity (Wildman–Crippen MR) is 57.9 cm³/mol. The molecule has 1 aromatic carbocycles. The van der Waals surface area contributed by atoms with E-state index in [0.717, 1.165) is 10.2 Å². The van der Waals surface area contributed by atoms with Crippen molar-refractivity contribution in [1.29, 1.82) is 0 Å². The van der Waals surface area contributed by atoms with Gasteiger partial charge in [-0.2, -0.15) is 0 Å². The first-order valence-electron chi connectivity index (χ1n) is 4.25. The Balaban J connectivity index is 2.00. The van der Waals surface area contributed by atoms with E-state index in [1.54, 1.807) is 6.26 Å². The van der Waals surface area contributed by atoms with Crippen molar-refractivity contribution in [2.24, 2.45) is 0 Å². The quantitative estimate of drug-likeness (QED) is 0.805. The highest BCUT2D eigenvalue weighted by Gasteiger charge is 2.06. The molecule has 3 heteroatoms. The molecule has 1 atom stereocenters. The summed E-state index contributed by atoms with van der Waals surface area (Å²) in [6.07, 6.45) is 6.86. The van der Waals surface area contributed by atoms with Crippen LogP contribution in [0.25, 0.3) is 0 Å². The zero-order valence-electron chi connectivity index (χ0n) is 7.39. The van der Waals surface area contributed by atoms with E-state index in [4.69, 9.17) is 9.47 Å². The van der Waals surface area contributed by atoms with Crippen LogP contribution in [0.5, 0.6) is 5.75 Å². The van der Waals surface area contributed by atoms with Crippen LogP contribution in [-0.2, 0) is 4.74 Å². The summed E-state index contributed by atoms with van der Waals surface area (Å²) < 4.78 is 11.8. The average molecular weight is 253 g/mol. The molecular weight excluding hydrogens is 244 g/mol. The Morgan fingerprint density at radius 2 is 1.93 bits per heavy atom. The van der Waals surface area contributed by atoms with Crippen molar-refractivity contribution in [2.45, 2.75) is 6.29 Å². The molecule has 1 heterocycles. The Hall–Kier alpha value is -1.22. The summed E-state index contributed by atoms with van der Waals surface area (Å²) >= 11 is 3.36. The largest absolute Gasteiger partial charge is 0.459 e. The molecule has 0 N–H and O–H groups in total. The third-order valence-electron chi connectivity index (χ3n) is 1.74. The summed E-state index contributed by atoms with van der Waals surface area (Å²) in [5.74, 6) is 0.790. The van der Waals surface area contributed by atoms with E-state index >= 15 is 0 Å². The minimum absolute atomic E-state index is 0.318. The molecule has 2 rings (SSSR count). The number of benzene rings is 1. The van der Waals surface area contributed by atoms with Gasteiger partial charge in [0.05, 0.1) is 6.26 Å². The number of halogens is 1. The van der Waals surface area contributed by atoms with Gasteiger partial charge in [0.15, 0.2) is 0 Å². The average Bonchev–Trinajstić information content (AvgIpc) is 2.23. The molecule has 2 nitrogen and oxygen atoms in total. The molecule has 0 aliphatic carbocycles. The summed E-state index contributed by atoms with van der Waals surface area (Å²) in [5, 5.41) is 0. The monoisotopic (exact) mass is 252 g/mol. The van der Waals surface area contributed by atoms with Crippen molar-refractivity contribution in [3.05, 3.63) is 53.2 Å². The Labute approximate surface area is 91.0 Å². The zero-order chi connectivity index (χ0) is 9.80. The van der Waals surface area contributed by atoms with E-state index in [1.807, 2.05) is 42.5 Å². The van der Waals surface area contributed by atoms with Crippen molar-refractivity contribution in [1.82, 2.24) is 0 Å². The van der Waals surface area contributed by atoms with Crippen molar-refractivity contribution in [2.75, 3.05) is 0 Å². The lowest BCUT2D eigenvalue weighted by molar-refractivity contribution is 0.00786. The minimum Gasteiger partial charge on any atom is -0.459 e. The molecule has 0 radical (unpaired) electrons. The second kappa shape index (κ2) is 4.33. The SMILES string of the molecule is Brc1ccc(OC2C=CC=CO2)cc1. The fourth-order valence-corrected chi connectivity index (χ4v) is 1.35. The van der Waals surface area contributed by atoms with E-state index in [0.29, 0.717) is 0 Å². The number of rotatable bonds is 2. The molecule has 0 saturated carbocycles. The summed E-state index contributed by atoms with van der Waals surface area (Å²) in [5.41, 5.74) is 0. The second-order valence-corrected chi connectivity index (χ2v) is 3.71. The molecule has 0 saturated heterocycles. The number of hydrogen-bond acceptors (Lipinski definition) is 2. The van der Waals surface area contributed by atoms with Crippen LogP contribution < -0.4 is 4.74 Å².